The smallest absolute Gasteiger partial charge is 0.336 e. The van der Waals surface area contributed by atoms with E-state index in [-0.39, 0.29) is 18.6 Å². The molecule has 1 unspecified atom stereocenters. The molecule has 144 valence electrons. The van der Waals surface area contributed by atoms with Crippen molar-refractivity contribution >= 4 is 16.9 Å². The molecule has 0 saturated heterocycles. The second-order valence-electron chi connectivity index (χ2n) is 6.90. The number of nitrogens with one attached hydrogen (secondary N) is 1. The molecule has 1 aliphatic rings. The molecule has 3 aromatic rings. The number of ether oxygens (including phenoxy) is 2. The average molecular weight is 379 g/mol. The average Bonchev–Trinajstić information content (AvgIpc) is 3.55. The second-order valence-corrected chi connectivity index (χ2v) is 6.90. The first kappa shape index (κ1) is 18.1. The van der Waals surface area contributed by atoms with Crippen LogP contribution in [0, 0.1) is 5.92 Å². The minimum Gasteiger partial charge on any atom is -0.497 e. The van der Waals surface area contributed by atoms with Crippen molar-refractivity contribution in [2.45, 2.75) is 18.9 Å². The predicted molar refractivity (Wildman–Crippen MR) is 105 cm³/mol. The Morgan fingerprint density at radius 1 is 1.11 bits per heavy atom. The molecule has 0 aliphatic heterocycles. The molecule has 0 spiro atoms. The predicted octanol–water partition coefficient (Wildman–Crippen LogP) is 3.45. The van der Waals surface area contributed by atoms with Crippen molar-refractivity contribution in [3.8, 4) is 11.5 Å². The second kappa shape index (κ2) is 7.76. The van der Waals surface area contributed by atoms with Gasteiger partial charge >= 0.3 is 5.63 Å². The van der Waals surface area contributed by atoms with Gasteiger partial charge in [-0.1, -0.05) is 12.1 Å². The maximum atomic E-state index is 12.4. The number of benzene rings is 2. The van der Waals surface area contributed by atoms with Crippen LogP contribution in [0.2, 0.25) is 0 Å². The van der Waals surface area contributed by atoms with Crippen LogP contribution in [0.4, 0.5) is 0 Å². The lowest BCUT2D eigenvalue weighted by atomic mass is 10.0. The molecule has 1 heterocycles. The van der Waals surface area contributed by atoms with E-state index in [2.05, 4.69) is 5.32 Å². The minimum atomic E-state index is -0.422. The third-order valence-corrected chi connectivity index (χ3v) is 4.85. The quantitative estimate of drug-likeness (QED) is 0.636. The highest BCUT2D eigenvalue weighted by atomic mass is 16.5. The van der Waals surface area contributed by atoms with Crippen molar-refractivity contribution in [3.63, 3.8) is 0 Å². The number of hydrogen-bond donors (Lipinski definition) is 1. The summed E-state index contributed by atoms with van der Waals surface area (Å²) >= 11 is 0. The van der Waals surface area contributed by atoms with Gasteiger partial charge in [0.25, 0.3) is 5.91 Å². The molecule has 1 fully saturated rings. The number of fused-ring (bicyclic) bond motifs is 1. The molecule has 28 heavy (non-hydrogen) atoms. The number of carbonyl (C=O) groups excluding carboxylic acids is 1. The van der Waals surface area contributed by atoms with Gasteiger partial charge in [0.1, 0.15) is 17.1 Å². The van der Waals surface area contributed by atoms with Gasteiger partial charge in [-0.05, 0) is 54.7 Å². The highest BCUT2D eigenvalue weighted by Crippen LogP contribution is 2.41. The van der Waals surface area contributed by atoms with Gasteiger partial charge in [0.15, 0.2) is 6.61 Å². The molecular weight excluding hydrogens is 358 g/mol. The van der Waals surface area contributed by atoms with Crippen LogP contribution in [0.3, 0.4) is 0 Å². The third-order valence-electron chi connectivity index (χ3n) is 4.85. The minimum absolute atomic E-state index is 0.0309. The van der Waals surface area contributed by atoms with E-state index in [4.69, 9.17) is 13.9 Å². The van der Waals surface area contributed by atoms with Crippen LogP contribution < -0.4 is 20.4 Å². The van der Waals surface area contributed by atoms with Crippen molar-refractivity contribution in [2.24, 2.45) is 5.92 Å². The van der Waals surface area contributed by atoms with Crippen LogP contribution in [0.25, 0.3) is 11.0 Å². The molecule has 1 saturated carbocycles. The van der Waals surface area contributed by atoms with Crippen molar-refractivity contribution in [1.29, 1.82) is 0 Å². The Hall–Kier alpha value is -3.28. The van der Waals surface area contributed by atoms with Gasteiger partial charge in [0, 0.05) is 17.5 Å². The van der Waals surface area contributed by atoms with Crippen LogP contribution >= 0.6 is 0 Å². The monoisotopic (exact) mass is 379 g/mol. The molecule has 1 N–H and O–H groups in total. The topological polar surface area (TPSA) is 77.8 Å². The van der Waals surface area contributed by atoms with Gasteiger partial charge in [-0.25, -0.2) is 4.79 Å². The zero-order valence-electron chi connectivity index (χ0n) is 15.5. The van der Waals surface area contributed by atoms with Gasteiger partial charge in [-0.2, -0.15) is 0 Å². The van der Waals surface area contributed by atoms with Crippen LogP contribution in [-0.2, 0) is 4.79 Å². The first-order chi connectivity index (χ1) is 13.6. The number of hydrogen-bond acceptors (Lipinski definition) is 5. The van der Waals surface area contributed by atoms with Gasteiger partial charge in [-0.15, -0.1) is 0 Å². The standard InChI is InChI=1S/C22H21NO5/c1-26-17-8-5-16(6-9-17)22(15-2-3-15)23-20(24)13-27-18-10-4-14-7-11-21(25)28-19(14)12-18/h4-12,15,22H,2-3,13H2,1H3,(H,23,24). The summed E-state index contributed by atoms with van der Waals surface area (Å²) in [5.74, 6) is 1.52. The van der Waals surface area contributed by atoms with Crippen molar-refractivity contribution in [2.75, 3.05) is 13.7 Å². The highest BCUT2D eigenvalue weighted by Gasteiger charge is 2.33. The summed E-state index contributed by atoms with van der Waals surface area (Å²) < 4.78 is 15.9. The zero-order chi connectivity index (χ0) is 19.5. The van der Waals surface area contributed by atoms with Crippen LogP contribution in [0.1, 0.15) is 24.4 Å². The van der Waals surface area contributed by atoms with E-state index in [9.17, 15) is 9.59 Å². The Bertz CT molecular complexity index is 1040. The SMILES string of the molecule is COc1ccc(C(NC(=O)COc2ccc3ccc(=O)oc3c2)C2CC2)cc1. The maximum absolute atomic E-state index is 12.4. The zero-order valence-corrected chi connectivity index (χ0v) is 15.5. The molecule has 0 bridgehead atoms. The lowest BCUT2D eigenvalue weighted by Gasteiger charge is -2.19. The Morgan fingerprint density at radius 2 is 1.82 bits per heavy atom. The largest absolute Gasteiger partial charge is 0.497 e. The van der Waals surface area contributed by atoms with E-state index in [1.54, 1.807) is 31.4 Å². The molecule has 6 nitrogen and oxygen atoms in total. The number of rotatable bonds is 7. The Balaban J connectivity index is 1.40. The van der Waals surface area contributed by atoms with Gasteiger partial charge in [0.05, 0.1) is 13.2 Å². The summed E-state index contributed by atoms with van der Waals surface area (Å²) in [7, 11) is 1.63. The summed E-state index contributed by atoms with van der Waals surface area (Å²) in [4.78, 5) is 23.8. The molecule has 0 radical (unpaired) electrons. The number of methoxy groups -OCH3 is 1. The summed E-state index contributed by atoms with van der Waals surface area (Å²) in [6, 6.07) is 15.9. The molecule has 1 amide bonds. The Kier molecular flexibility index (Phi) is 5.02. The first-order valence-electron chi connectivity index (χ1n) is 9.22. The summed E-state index contributed by atoms with van der Waals surface area (Å²) in [6.45, 7) is -0.109. The molecule has 4 rings (SSSR count). The van der Waals surface area contributed by atoms with E-state index in [0.29, 0.717) is 17.3 Å². The van der Waals surface area contributed by atoms with E-state index in [1.165, 1.54) is 6.07 Å². The summed E-state index contributed by atoms with van der Waals surface area (Å²) in [6.07, 6.45) is 2.20. The fourth-order valence-electron chi connectivity index (χ4n) is 3.21. The number of carbonyl (C=O) groups is 1. The molecule has 6 heteroatoms. The summed E-state index contributed by atoms with van der Waals surface area (Å²) in [5, 5.41) is 3.87. The molecule has 2 aromatic carbocycles. The lowest BCUT2D eigenvalue weighted by molar-refractivity contribution is -0.124. The van der Waals surface area contributed by atoms with E-state index in [0.717, 1.165) is 29.5 Å². The van der Waals surface area contributed by atoms with Crippen molar-refractivity contribution < 1.29 is 18.7 Å². The molecule has 1 aromatic heterocycles. The molecule has 1 aliphatic carbocycles. The normalized spacial score (nSPS) is 14.5. The van der Waals surface area contributed by atoms with Gasteiger partial charge < -0.3 is 19.2 Å². The van der Waals surface area contributed by atoms with Crippen molar-refractivity contribution in [3.05, 3.63) is 70.6 Å². The van der Waals surface area contributed by atoms with Crippen LogP contribution in [0.5, 0.6) is 11.5 Å². The Labute approximate surface area is 162 Å². The molecular formula is C22H21NO5. The van der Waals surface area contributed by atoms with Gasteiger partial charge in [-0.3, -0.25) is 4.79 Å². The van der Waals surface area contributed by atoms with Gasteiger partial charge in [0.2, 0.25) is 0 Å². The summed E-state index contributed by atoms with van der Waals surface area (Å²) in [5.41, 5.74) is 1.07. The number of amides is 1. The van der Waals surface area contributed by atoms with Crippen LogP contribution in [-0.4, -0.2) is 19.6 Å². The van der Waals surface area contributed by atoms with E-state index in [1.807, 2.05) is 24.3 Å². The first-order valence-corrected chi connectivity index (χ1v) is 9.22. The highest BCUT2D eigenvalue weighted by molar-refractivity contribution is 5.79. The lowest BCUT2D eigenvalue weighted by Crippen LogP contribution is -2.33. The third kappa shape index (κ3) is 4.17. The van der Waals surface area contributed by atoms with Crippen molar-refractivity contribution in [1.82, 2.24) is 5.32 Å². The van der Waals surface area contributed by atoms with E-state index >= 15 is 0 Å². The fraction of sp³-hybridized carbons (Fsp3) is 0.273. The molecule has 1 atom stereocenters. The van der Waals surface area contributed by atoms with E-state index < -0.39 is 5.63 Å². The maximum Gasteiger partial charge on any atom is 0.336 e. The Morgan fingerprint density at radius 3 is 2.54 bits per heavy atom. The van der Waals surface area contributed by atoms with Crippen LogP contribution in [0.15, 0.2) is 63.8 Å². The fourth-order valence-corrected chi connectivity index (χ4v) is 3.21.